The van der Waals surface area contributed by atoms with E-state index in [1.54, 1.807) is 66.7 Å². The summed E-state index contributed by atoms with van der Waals surface area (Å²) in [5.74, 6) is -0.550. The summed E-state index contributed by atoms with van der Waals surface area (Å²) in [6.45, 7) is 0.284. The van der Waals surface area contributed by atoms with E-state index in [-0.39, 0.29) is 18.4 Å². The topological polar surface area (TPSA) is 92.3 Å². The molecule has 0 atom stereocenters. The van der Waals surface area contributed by atoms with Gasteiger partial charge in [0.25, 0.3) is 11.8 Å². The molecule has 0 aromatic heterocycles. The Bertz CT molecular complexity index is 1040. The summed E-state index contributed by atoms with van der Waals surface area (Å²) in [6, 6.07) is 19.8. The standard InChI is InChI=1S/C23H18N2O4/c26-14-16-4-8-19(9-5-16)22(28)24-13-18-2-1-3-21(12-18)25-23(29)20-10-6-17(15-27)7-11-20/h1-12,14-15H,13H2,(H,24,28)(H,25,29). The Balaban J connectivity index is 1.61. The van der Waals surface area contributed by atoms with Crippen LogP contribution < -0.4 is 10.6 Å². The number of amides is 2. The molecular formula is C23H18N2O4. The fraction of sp³-hybridized carbons (Fsp3) is 0.0435. The number of nitrogens with one attached hydrogen (secondary N) is 2. The van der Waals surface area contributed by atoms with Gasteiger partial charge in [0, 0.05) is 34.5 Å². The van der Waals surface area contributed by atoms with E-state index in [0.29, 0.717) is 27.9 Å². The molecule has 3 aromatic rings. The second-order valence-corrected chi connectivity index (χ2v) is 6.32. The Morgan fingerprint density at radius 1 is 0.724 bits per heavy atom. The minimum atomic E-state index is -0.293. The van der Waals surface area contributed by atoms with Crippen molar-refractivity contribution < 1.29 is 19.2 Å². The highest BCUT2D eigenvalue weighted by molar-refractivity contribution is 6.04. The van der Waals surface area contributed by atoms with Crippen molar-refractivity contribution in [3.8, 4) is 0 Å². The number of rotatable bonds is 7. The summed E-state index contributed by atoms with van der Waals surface area (Å²) in [6.07, 6.45) is 1.44. The second-order valence-electron chi connectivity index (χ2n) is 6.32. The third-order valence-corrected chi connectivity index (χ3v) is 4.26. The first-order chi connectivity index (χ1) is 14.1. The van der Waals surface area contributed by atoms with Gasteiger partial charge in [0.05, 0.1) is 0 Å². The van der Waals surface area contributed by atoms with Gasteiger partial charge in [-0.3, -0.25) is 19.2 Å². The fourth-order valence-corrected chi connectivity index (χ4v) is 2.67. The van der Waals surface area contributed by atoms with Crippen molar-refractivity contribution >= 4 is 30.1 Å². The number of carbonyl (C=O) groups excluding carboxylic acids is 4. The lowest BCUT2D eigenvalue weighted by atomic mass is 10.1. The van der Waals surface area contributed by atoms with Gasteiger partial charge < -0.3 is 10.6 Å². The molecule has 6 heteroatoms. The minimum absolute atomic E-state index is 0.257. The van der Waals surface area contributed by atoms with E-state index in [4.69, 9.17) is 0 Å². The molecule has 0 radical (unpaired) electrons. The van der Waals surface area contributed by atoms with Gasteiger partial charge in [-0.05, 0) is 42.0 Å². The molecule has 144 valence electrons. The summed E-state index contributed by atoms with van der Waals surface area (Å²) < 4.78 is 0. The highest BCUT2D eigenvalue weighted by atomic mass is 16.2. The van der Waals surface area contributed by atoms with Crippen LogP contribution >= 0.6 is 0 Å². The Morgan fingerprint density at radius 3 is 1.83 bits per heavy atom. The smallest absolute Gasteiger partial charge is 0.255 e. The summed E-state index contributed by atoms with van der Waals surface area (Å²) >= 11 is 0. The van der Waals surface area contributed by atoms with Crippen molar-refractivity contribution in [1.29, 1.82) is 0 Å². The van der Waals surface area contributed by atoms with Crippen LogP contribution in [0, 0.1) is 0 Å². The van der Waals surface area contributed by atoms with E-state index in [1.165, 1.54) is 0 Å². The zero-order chi connectivity index (χ0) is 20.6. The Kier molecular flexibility index (Phi) is 6.27. The van der Waals surface area contributed by atoms with E-state index >= 15 is 0 Å². The Morgan fingerprint density at radius 2 is 1.28 bits per heavy atom. The van der Waals surface area contributed by atoms with E-state index in [0.717, 1.165) is 18.1 Å². The monoisotopic (exact) mass is 386 g/mol. The second kappa shape index (κ2) is 9.23. The van der Waals surface area contributed by atoms with Crippen LogP contribution in [-0.4, -0.2) is 24.4 Å². The molecule has 0 heterocycles. The van der Waals surface area contributed by atoms with E-state index in [9.17, 15) is 19.2 Å². The van der Waals surface area contributed by atoms with Gasteiger partial charge in [-0.2, -0.15) is 0 Å². The van der Waals surface area contributed by atoms with Crippen LogP contribution in [0.5, 0.6) is 0 Å². The van der Waals surface area contributed by atoms with Gasteiger partial charge in [0.1, 0.15) is 12.6 Å². The van der Waals surface area contributed by atoms with Crippen LogP contribution in [0.25, 0.3) is 0 Å². The SMILES string of the molecule is O=Cc1ccc(C(=O)NCc2cccc(NC(=O)c3ccc(C=O)cc3)c2)cc1. The fourth-order valence-electron chi connectivity index (χ4n) is 2.67. The molecule has 0 aliphatic heterocycles. The predicted molar refractivity (Wildman–Crippen MR) is 109 cm³/mol. The Labute approximate surface area is 167 Å². The summed E-state index contributed by atoms with van der Waals surface area (Å²) in [4.78, 5) is 45.9. The zero-order valence-electron chi connectivity index (χ0n) is 15.4. The lowest BCUT2D eigenvalue weighted by Gasteiger charge is -2.09. The number of anilines is 1. The van der Waals surface area contributed by atoms with Gasteiger partial charge in [0.15, 0.2) is 0 Å². The highest BCUT2D eigenvalue weighted by Gasteiger charge is 2.08. The van der Waals surface area contributed by atoms with Crippen molar-refractivity contribution in [2.24, 2.45) is 0 Å². The molecule has 0 saturated carbocycles. The first kappa shape index (κ1) is 19.7. The van der Waals surface area contributed by atoms with Crippen molar-refractivity contribution in [1.82, 2.24) is 5.32 Å². The van der Waals surface area contributed by atoms with Crippen LogP contribution in [0.4, 0.5) is 5.69 Å². The predicted octanol–water partition coefficient (Wildman–Crippen LogP) is 3.49. The lowest BCUT2D eigenvalue weighted by Crippen LogP contribution is -2.22. The van der Waals surface area contributed by atoms with E-state index < -0.39 is 0 Å². The van der Waals surface area contributed by atoms with Crippen molar-refractivity contribution in [2.45, 2.75) is 6.54 Å². The zero-order valence-corrected chi connectivity index (χ0v) is 15.4. The molecule has 0 saturated heterocycles. The van der Waals surface area contributed by atoms with Crippen LogP contribution in [0.2, 0.25) is 0 Å². The molecule has 0 bridgehead atoms. The van der Waals surface area contributed by atoms with Crippen molar-refractivity contribution in [3.05, 3.63) is 101 Å². The first-order valence-corrected chi connectivity index (χ1v) is 8.88. The highest BCUT2D eigenvalue weighted by Crippen LogP contribution is 2.13. The quantitative estimate of drug-likeness (QED) is 0.608. The maximum atomic E-state index is 12.3. The van der Waals surface area contributed by atoms with Crippen LogP contribution in [0.3, 0.4) is 0 Å². The lowest BCUT2D eigenvalue weighted by molar-refractivity contribution is 0.0949. The van der Waals surface area contributed by atoms with Gasteiger partial charge in [0.2, 0.25) is 0 Å². The molecule has 2 N–H and O–H groups in total. The third kappa shape index (κ3) is 5.23. The number of hydrogen-bond donors (Lipinski definition) is 2. The van der Waals surface area contributed by atoms with E-state index in [2.05, 4.69) is 10.6 Å². The molecule has 0 aliphatic rings. The number of aldehydes is 2. The number of benzene rings is 3. The van der Waals surface area contributed by atoms with Crippen molar-refractivity contribution in [2.75, 3.05) is 5.32 Å². The van der Waals surface area contributed by atoms with Crippen LogP contribution in [-0.2, 0) is 6.54 Å². The number of hydrogen-bond acceptors (Lipinski definition) is 4. The molecule has 6 nitrogen and oxygen atoms in total. The van der Waals surface area contributed by atoms with Gasteiger partial charge in [-0.25, -0.2) is 0 Å². The molecule has 29 heavy (non-hydrogen) atoms. The maximum Gasteiger partial charge on any atom is 0.255 e. The van der Waals surface area contributed by atoms with Crippen LogP contribution in [0.1, 0.15) is 47.0 Å². The molecule has 2 amide bonds. The summed E-state index contributed by atoms with van der Waals surface area (Å²) in [5, 5.41) is 5.60. The maximum absolute atomic E-state index is 12.3. The normalized spacial score (nSPS) is 10.1. The Hall–Kier alpha value is -4.06. The number of carbonyl (C=O) groups is 4. The van der Waals surface area contributed by atoms with Crippen molar-refractivity contribution in [3.63, 3.8) is 0 Å². The van der Waals surface area contributed by atoms with Gasteiger partial charge >= 0.3 is 0 Å². The minimum Gasteiger partial charge on any atom is -0.348 e. The average Bonchev–Trinajstić information content (AvgIpc) is 2.77. The molecule has 0 spiro atoms. The van der Waals surface area contributed by atoms with E-state index in [1.807, 2.05) is 6.07 Å². The molecular weight excluding hydrogens is 368 g/mol. The summed E-state index contributed by atoms with van der Waals surface area (Å²) in [5.41, 5.74) is 3.31. The first-order valence-electron chi connectivity index (χ1n) is 8.88. The molecule has 0 aliphatic carbocycles. The third-order valence-electron chi connectivity index (χ3n) is 4.26. The van der Waals surface area contributed by atoms with Crippen LogP contribution in [0.15, 0.2) is 72.8 Å². The van der Waals surface area contributed by atoms with Gasteiger partial charge in [-0.1, -0.05) is 36.4 Å². The molecule has 0 fully saturated rings. The van der Waals surface area contributed by atoms with Gasteiger partial charge in [-0.15, -0.1) is 0 Å². The average molecular weight is 386 g/mol. The molecule has 3 rings (SSSR count). The largest absolute Gasteiger partial charge is 0.348 e. The summed E-state index contributed by atoms with van der Waals surface area (Å²) in [7, 11) is 0. The molecule has 0 unspecified atom stereocenters. The molecule has 3 aromatic carbocycles.